The van der Waals surface area contributed by atoms with Crippen molar-refractivity contribution in [1.82, 2.24) is 5.32 Å². The second-order valence-electron chi connectivity index (χ2n) is 1.47. The summed E-state index contributed by atoms with van der Waals surface area (Å²) < 4.78 is 0. The van der Waals surface area contributed by atoms with E-state index in [4.69, 9.17) is 10.8 Å². The first-order valence-electron chi connectivity index (χ1n) is 2.34. The third-order valence-corrected chi connectivity index (χ3v) is 0.794. The van der Waals surface area contributed by atoms with Gasteiger partial charge in [0.15, 0.2) is 0 Å². The fraction of sp³-hybridized carbons (Fsp3) is 0.750. The number of hydrogen-bond acceptors (Lipinski definition) is 3. The van der Waals surface area contributed by atoms with E-state index in [9.17, 15) is 4.79 Å². The molecule has 0 aliphatic carbocycles. The fourth-order valence-corrected chi connectivity index (χ4v) is 0.264. The van der Waals surface area contributed by atoms with Gasteiger partial charge in [0.25, 0.3) is 0 Å². The van der Waals surface area contributed by atoms with Gasteiger partial charge in [-0.1, -0.05) is 0 Å². The summed E-state index contributed by atoms with van der Waals surface area (Å²) in [4.78, 5) is 9.97. The summed E-state index contributed by atoms with van der Waals surface area (Å²) >= 11 is 0. The lowest BCUT2D eigenvalue weighted by molar-refractivity contribution is -0.138. The molecule has 0 unspecified atom stereocenters. The number of aliphatic carboxylic acids is 1. The van der Waals surface area contributed by atoms with Crippen LogP contribution in [0.2, 0.25) is 0 Å². The van der Waals surface area contributed by atoms with Gasteiger partial charge in [-0.15, -0.1) is 0 Å². The van der Waals surface area contributed by atoms with E-state index < -0.39 is 12.0 Å². The largest absolute Gasteiger partial charge is 0.480 e. The average Bonchev–Trinajstić information content (AvgIpc) is 1.67. The minimum Gasteiger partial charge on any atom is -0.480 e. The minimum absolute atomic E-state index is 0.202. The molecular weight excluding hydrogens is 108 g/mol. The van der Waals surface area contributed by atoms with E-state index in [1.807, 2.05) is 0 Å². The highest BCUT2D eigenvalue weighted by molar-refractivity contribution is 5.72. The number of carboxylic acids is 1. The van der Waals surface area contributed by atoms with E-state index in [1.54, 1.807) is 0 Å². The zero-order chi connectivity index (χ0) is 6.57. The lowest BCUT2D eigenvalue weighted by Crippen LogP contribution is -2.37. The van der Waals surface area contributed by atoms with Crippen LogP contribution in [-0.4, -0.2) is 23.8 Å². The van der Waals surface area contributed by atoms with Crippen LogP contribution in [0.3, 0.4) is 0 Å². The highest BCUT2D eigenvalue weighted by Crippen LogP contribution is 1.75. The molecule has 8 heavy (non-hydrogen) atoms. The third-order valence-electron chi connectivity index (χ3n) is 0.794. The van der Waals surface area contributed by atoms with Gasteiger partial charge in [-0.05, 0) is 6.92 Å². The molecule has 0 radical (unpaired) electrons. The Labute approximate surface area is 47.7 Å². The van der Waals surface area contributed by atoms with Gasteiger partial charge < -0.3 is 10.8 Å². The molecule has 0 saturated carbocycles. The molecule has 1 atom stereocenters. The summed E-state index contributed by atoms with van der Waals surface area (Å²) in [6, 6.07) is -0.542. The van der Waals surface area contributed by atoms with Gasteiger partial charge in [-0.25, -0.2) is 0 Å². The second kappa shape index (κ2) is 3.40. The number of nitrogens with one attached hydrogen (secondary N) is 1. The Hall–Kier alpha value is -0.610. The number of hydrogen-bond donors (Lipinski definition) is 3. The monoisotopic (exact) mass is 118 g/mol. The second-order valence-corrected chi connectivity index (χ2v) is 1.47. The van der Waals surface area contributed by atoms with E-state index in [0.29, 0.717) is 0 Å². The maximum atomic E-state index is 9.97. The molecular formula is C4H10N2O2. The maximum absolute atomic E-state index is 9.97. The molecule has 0 heterocycles. The Balaban J connectivity index is 3.32. The quantitative estimate of drug-likeness (QED) is 0.414. The topological polar surface area (TPSA) is 75.3 Å². The van der Waals surface area contributed by atoms with Crippen molar-refractivity contribution >= 4 is 5.97 Å². The molecule has 0 aliphatic rings. The first kappa shape index (κ1) is 7.39. The van der Waals surface area contributed by atoms with Gasteiger partial charge >= 0.3 is 5.97 Å². The molecule has 0 rings (SSSR count). The van der Waals surface area contributed by atoms with Crippen LogP contribution in [0.5, 0.6) is 0 Å². The Morgan fingerprint density at radius 1 is 2.00 bits per heavy atom. The summed E-state index contributed by atoms with van der Waals surface area (Å²) in [6.07, 6.45) is 0. The van der Waals surface area contributed by atoms with Crippen molar-refractivity contribution in [3.63, 3.8) is 0 Å². The van der Waals surface area contributed by atoms with Crippen molar-refractivity contribution in [2.24, 2.45) is 5.73 Å². The molecule has 0 aromatic rings. The van der Waals surface area contributed by atoms with Gasteiger partial charge in [0, 0.05) is 6.67 Å². The van der Waals surface area contributed by atoms with Crippen molar-refractivity contribution in [3.8, 4) is 0 Å². The number of carbonyl (C=O) groups is 1. The molecule has 0 spiro atoms. The molecule has 4 N–H and O–H groups in total. The number of carboxylic acid groups (broad SMARTS) is 1. The van der Waals surface area contributed by atoms with Crippen LogP contribution in [-0.2, 0) is 4.79 Å². The SMILES string of the molecule is C[C@H](NCN)C(=O)O. The van der Waals surface area contributed by atoms with Crippen LogP contribution in [0.1, 0.15) is 6.92 Å². The maximum Gasteiger partial charge on any atom is 0.320 e. The molecule has 0 fully saturated rings. The standard InChI is InChI=1S/C4H10N2O2/c1-3(4(7)8)6-2-5/h3,6H,2,5H2,1H3,(H,7,8)/t3-/m0/s1. The molecule has 0 aromatic carbocycles. The first-order valence-corrected chi connectivity index (χ1v) is 2.34. The Morgan fingerprint density at radius 3 is 2.62 bits per heavy atom. The summed E-state index contributed by atoms with van der Waals surface area (Å²) in [7, 11) is 0. The van der Waals surface area contributed by atoms with Crippen molar-refractivity contribution in [1.29, 1.82) is 0 Å². The Morgan fingerprint density at radius 2 is 2.50 bits per heavy atom. The molecule has 0 amide bonds. The zero-order valence-corrected chi connectivity index (χ0v) is 4.72. The highest BCUT2D eigenvalue weighted by atomic mass is 16.4. The number of rotatable bonds is 3. The average molecular weight is 118 g/mol. The van der Waals surface area contributed by atoms with E-state index in [-0.39, 0.29) is 6.67 Å². The van der Waals surface area contributed by atoms with Gasteiger partial charge in [0.05, 0.1) is 0 Å². The highest BCUT2D eigenvalue weighted by Gasteiger charge is 2.06. The summed E-state index contributed by atoms with van der Waals surface area (Å²) in [5, 5.41) is 10.7. The first-order chi connectivity index (χ1) is 3.68. The lowest BCUT2D eigenvalue weighted by atomic mass is 10.4. The Kier molecular flexibility index (Phi) is 3.14. The van der Waals surface area contributed by atoms with Gasteiger partial charge in [-0.3, -0.25) is 10.1 Å². The molecule has 0 saturated heterocycles. The molecule has 48 valence electrons. The van der Waals surface area contributed by atoms with E-state index in [1.165, 1.54) is 6.92 Å². The zero-order valence-electron chi connectivity index (χ0n) is 4.72. The molecule has 4 nitrogen and oxygen atoms in total. The van der Waals surface area contributed by atoms with Crippen molar-refractivity contribution in [3.05, 3.63) is 0 Å². The smallest absolute Gasteiger partial charge is 0.320 e. The van der Waals surface area contributed by atoms with Crippen LogP contribution in [0.4, 0.5) is 0 Å². The molecule has 4 heteroatoms. The predicted molar refractivity (Wildman–Crippen MR) is 29.3 cm³/mol. The summed E-state index contributed by atoms with van der Waals surface area (Å²) in [5.41, 5.74) is 4.99. The molecule has 0 bridgehead atoms. The fourth-order valence-electron chi connectivity index (χ4n) is 0.264. The Bertz CT molecular complexity index is 84.1. The van der Waals surface area contributed by atoms with E-state index in [0.717, 1.165) is 0 Å². The van der Waals surface area contributed by atoms with Crippen LogP contribution in [0, 0.1) is 0 Å². The molecule has 0 aromatic heterocycles. The van der Waals surface area contributed by atoms with Crippen LogP contribution in [0.25, 0.3) is 0 Å². The van der Waals surface area contributed by atoms with Crippen LogP contribution < -0.4 is 11.1 Å². The minimum atomic E-state index is -0.879. The van der Waals surface area contributed by atoms with Gasteiger partial charge in [0.1, 0.15) is 6.04 Å². The molecule has 0 aliphatic heterocycles. The van der Waals surface area contributed by atoms with Crippen molar-refractivity contribution in [2.75, 3.05) is 6.67 Å². The van der Waals surface area contributed by atoms with Crippen LogP contribution in [0.15, 0.2) is 0 Å². The number of nitrogens with two attached hydrogens (primary N) is 1. The van der Waals surface area contributed by atoms with Crippen molar-refractivity contribution in [2.45, 2.75) is 13.0 Å². The predicted octanol–water partition coefficient (Wildman–Crippen LogP) is -1.03. The van der Waals surface area contributed by atoms with Crippen LogP contribution >= 0.6 is 0 Å². The van der Waals surface area contributed by atoms with Gasteiger partial charge in [-0.2, -0.15) is 0 Å². The summed E-state index contributed by atoms with van der Waals surface area (Å²) in [6.45, 7) is 1.74. The normalized spacial score (nSPS) is 13.2. The lowest BCUT2D eigenvalue weighted by Gasteiger charge is -2.03. The van der Waals surface area contributed by atoms with Crippen molar-refractivity contribution < 1.29 is 9.90 Å². The van der Waals surface area contributed by atoms with E-state index >= 15 is 0 Å². The van der Waals surface area contributed by atoms with E-state index in [2.05, 4.69) is 5.32 Å². The summed E-state index contributed by atoms with van der Waals surface area (Å²) in [5.74, 6) is -0.879. The van der Waals surface area contributed by atoms with Gasteiger partial charge in [0.2, 0.25) is 0 Å². The third kappa shape index (κ3) is 2.54.